The van der Waals surface area contributed by atoms with Gasteiger partial charge in [-0.25, -0.2) is 0 Å². The van der Waals surface area contributed by atoms with Crippen LogP contribution in [0.25, 0.3) is 0 Å². The SMILES string of the molecule is CCOC(=O)CCN(CCCO)C(=O)Cc1ccc(OC)cc1. The van der Waals surface area contributed by atoms with Crippen LogP contribution in [0.2, 0.25) is 0 Å². The highest BCUT2D eigenvalue weighted by atomic mass is 16.5. The van der Waals surface area contributed by atoms with Gasteiger partial charge in [0.1, 0.15) is 5.75 Å². The summed E-state index contributed by atoms with van der Waals surface area (Å²) >= 11 is 0. The summed E-state index contributed by atoms with van der Waals surface area (Å²) in [6.07, 6.45) is 0.892. The second kappa shape index (κ2) is 10.6. The molecule has 1 amide bonds. The van der Waals surface area contributed by atoms with Crippen molar-refractivity contribution in [2.45, 2.75) is 26.2 Å². The van der Waals surface area contributed by atoms with Crippen molar-refractivity contribution < 1.29 is 24.2 Å². The van der Waals surface area contributed by atoms with Crippen LogP contribution < -0.4 is 4.74 Å². The molecule has 0 aliphatic heterocycles. The predicted octanol–water partition coefficient (Wildman–Crippen LogP) is 1.40. The maximum atomic E-state index is 12.4. The fraction of sp³-hybridized carbons (Fsp3) is 0.529. The average Bonchev–Trinajstić information content (AvgIpc) is 2.55. The van der Waals surface area contributed by atoms with Crippen LogP contribution in [0.5, 0.6) is 5.75 Å². The fourth-order valence-corrected chi connectivity index (χ4v) is 2.11. The zero-order valence-corrected chi connectivity index (χ0v) is 13.8. The summed E-state index contributed by atoms with van der Waals surface area (Å²) < 4.78 is 9.97. The molecule has 1 rings (SSSR count). The van der Waals surface area contributed by atoms with Crippen LogP contribution >= 0.6 is 0 Å². The second-order valence-corrected chi connectivity index (χ2v) is 5.04. The average molecular weight is 323 g/mol. The molecule has 0 aliphatic rings. The number of carbonyl (C=O) groups excluding carboxylic acids is 2. The highest BCUT2D eigenvalue weighted by Crippen LogP contribution is 2.12. The molecule has 1 aromatic carbocycles. The first-order valence-corrected chi connectivity index (χ1v) is 7.77. The van der Waals surface area contributed by atoms with Gasteiger partial charge >= 0.3 is 5.97 Å². The van der Waals surface area contributed by atoms with E-state index in [4.69, 9.17) is 14.6 Å². The van der Waals surface area contributed by atoms with Crippen molar-refractivity contribution in [3.63, 3.8) is 0 Å². The minimum Gasteiger partial charge on any atom is -0.497 e. The first-order valence-electron chi connectivity index (χ1n) is 7.77. The minimum absolute atomic E-state index is 0.00568. The number of amides is 1. The molecule has 0 atom stereocenters. The summed E-state index contributed by atoms with van der Waals surface area (Å²) in [6.45, 7) is 2.80. The molecule has 0 unspecified atom stereocenters. The van der Waals surface area contributed by atoms with Gasteiger partial charge in [-0.05, 0) is 31.0 Å². The van der Waals surface area contributed by atoms with Crippen LogP contribution in [0, 0.1) is 0 Å². The topological polar surface area (TPSA) is 76.1 Å². The highest BCUT2D eigenvalue weighted by Gasteiger charge is 2.15. The summed E-state index contributed by atoms with van der Waals surface area (Å²) in [5.41, 5.74) is 0.876. The van der Waals surface area contributed by atoms with E-state index in [0.717, 1.165) is 11.3 Å². The summed E-state index contributed by atoms with van der Waals surface area (Å²) in [5, 5.41) is 8.96. The van der Waals surface area contributed by atoms with Gasteiger partial charge in [-0.3, -0.25) is 9.59 Å². The lowest BCUT2D eigenvalue weighted by Crippen LogP contribution is -2.35. The number of benzene rings is 1. The second-order valence-electron chi connectivity index (χ2n) is 5.04. The van der Waals surface area contributed by atoms with Gasteiger partial charge in [0.25, 0.3) is 0 Å². The lowest BCUT2D eigenvalue weighted by molar-refractivity contribution is -0.144. The molecular formula is C17H25NO5. The number of hydrogen-bond acceptors (Lipinski definition) is 5. The molecule has 0 heterocycles. The van der Waals surface area contributed by atoms with E-state index in [9.17, 15) is 9.59 Å². The lowest BCUT2D eigenvalue weighted by Gasteiger charge is -2.22. The number of nitrogens with zero attached hydrogens (tertiary/aromatic N) is 1. The maximum Gasteiger partial charge on any atom is 0.307 e. The Morgan fingerprint density at radius 2 is 1.87 bits per heavy atom. The molecule has 6 nitrogen and oxygen atoms in total. The van der Waals surface area contributed by atoms with Crippen LogP contribution in [0.15, 0.2) is 24.3 Å². The van der Waals surface area contributed by atoms with Gasteiger partial charge in [0.05, 0.1) is 26.6 Å². The van der Waals surface area contributed by atoms with Crippen LogP contribution in [-0.4, -0.2) is 55.3 Å². The van der Waals surface area contributed by atoms with Crippen molar-refractivity contribution in [1.82, 2.24) is 4.90 Å². The number of aliphatic hydroxyl groups is 1. The number of ether oxygens (including phenoxy) is 2. The van der Waals surface area contributed by atoms with Gasteiger partial charge in [-0.15, -0.1) is 0 Å². The van der Waals surface area contributed by atoms with Gasteiger partial charge in [-0.2, -0.15) is 0 Å². The third-order valence-electron chi connectivity index (χ3n) is 3.34. The zero-order valence-electron chi connectivity index (χ0n) is 13.8. The first-order chi connectivity index (χ1) is 11.1. The largest absolute Gasteiger partial charge is 0.497 e. The molecule has 1 aromatic rings. The Labute approximate surface area is 137 Å². The molecule has 0 spiro atoms. The van der Waals surface area contributed by atoms with Crippen LogP contribution in [0.4, 0.5) is 0 Å². The highest BCUT2D eigenvalue weighted by molar-refractivity contribution is 5.79. The van der Waals surface area contributed by atoms with Crippen molar-refractivity contribution in [2.24, 2.45) is 0 Å². The molecular weight excluding hydrogens is 298 g/mol. The third kappa shape index (κ3) is 7.15. The van der Waals surface area contributed by atoms with Crippen molar-refractivity contribution in [1.29, 1.82) is 0 Å². The van der Waals surface area contributed by atoms with Gasteiger partial charge in [0, 0.05) is 19.7 Å². The standard InChI is InChI=1S/C17H25NO5/c1-3-23-17(21)9-11-18(10-4-12-19)16(20)13-14-5-7-15(22-2)8-6-14/h5-8,19H,3-4,9-13H2,1-2H3. The summed E-state index contributed by atoms with van der Waals surface area (Å²) in [7, 11) is 1.59. The van der Waals surface area contributed by atoms with Crippen molar-refractivity contribution >= 4 is 11.9 Å². The van der Waals surface area contributed by atoms with Crippen molar-refractivity contribution in [3.8, 4) is 5.75 Å². The third-order valence-corrected chi connectivity index (χ3v) is 3.34. The van der Waals surface area contributed by atoms with E-state index in [1.807, 2.05) is 12.1 Å². The molecule has 0 bridgehead atoms. The number of rotatable bonds is 10. The molecule has 0 aromatic heterocycles. The Morgan fingerprint density at radius 3 is 2.43 bits per heavy atom. The van der Waals surface area contributed by atoms with Crippen LogP contribution in [0.3, 0.4) is 0 Å². The molecule has 1 N–H and O–H groups in total. The Kier molecular flexibility index (Phi) is 8.75. The number of carbonyl (C=O) groups is 2. The van der Waals surface area contributed by atoms with E-state index in [1.54, 1.807) is 31.1 Å². The van der Waals surface area contributed by atoms with Gasteiger partial charge in [0.15, 0.2) is 0 Å². The molecule has 23 heavy (non-hydrogen) atoms. The number of hydrogen-bond donors (Lipinski definition) is 1. The van der Waals surface area contributed by atoms with Crippen LogP contribution in [-0.2, 0) is 20.7 Å². The minimum atomic E-state index is -0.321. The molecule has 0 radical (unpaired) electrons. The van der Waals surface area contributed by atoms with E-state index in [1.165, 1.54) is 0 Å². The summed E-state index contributed by atoms with van der Waals surface area (Å²) in [5.74, 6) is 0.340. The lowest BCUT2D eigenvalue weighted by atomic mass is 10.1. The Hall–Kier alpha value is -2.08. The Balaban J connectivity index is 2.60. The van der Waals surface area contributed by atoms with E-state index in [-0.39, 0.29) is 31.3 Å². The Bertz CT molecular complexity index is 486. The molecule has 128 valence electrons. The fourth-order valence-electron chi connectivity index (χ4n) is 2.11. The smallest absolute Gasteiger partial charge is 0.307 e. The van der Waals surface area contributed by atoms with Crippen LogP contribution in [0.1, 0.15) is 25.3 Å². The summed E-state index contributed by atoms with van der Waals surface area (Å²) in [4.78, 5) is 25.4. The van der Waals surface area contributed by atoms with Gasteiger partial charge in [-0.1, -0.05) is 12.1 Å². The Morgan fingerprint density at radius 1 is 1.17 bits per heavy atom. The van der Waals surface area contributed by atoms with Gasteiger partial charge < -0.3 is 19.5 Å². The molecule has 6 heteroatoms. The van der Waals surface area contributed by atoms with E-state index >= 15 is 0 Å². The van der Waals surface area contributed by atoms with E-state index < -0.39 is 0 Å². The van der Waals surface area contributed by atoms with Crippen molar-refractivity contribution in [2.75, 3.05) is 33.4 Å². The molecule has 0 aliphatic carbocycles. The molecule has 0 saturated carbocycles. The number of methoxy groups -OCH3 is 1. The first kappa shape index (κ1) is 19.0. The normalized spacial score (nSPS) is 10.2. The zero-order chi connectivity index (χ0) is 17.1. The van der Waals surface area contributed by atoms with Gasteiger partial charge in [0.2, 0.25) is 5.91 Å². The monoisotopic (exact) mass is 323 g/mol. The van der Waals surface area contributed by atoms with E-state index in [0.29, 0.717) is 26.1 Å². The number of aliphatic hydroxyl groups excluding tert-OH is 1. The predicted molar refractivity (Wildman–Crippen MR) is 86.2 cm³/mol. The summed E-state index contributed by atoms with van der Waals surface area (Å²) in [6, 6.07) is 7.29. The van der Waals surface area contributed by atoms with Crippen molar-refractivity contribution in [3.05, 3.63) is 29.8 Å². The van der Waals surface area contributed by atoms with E-state index in [2.05, 4.69) is 0 Å². The molecule has 0 saturated heterocycles. The molecule has 0 fully saturated rings. The number of esters is 1. The maximum absolute atomic E-state index is 12.4. The quantitative estimate of drug-likeness (QED) is 0.659.